The highest BCUT2D eigenvalue weighted by Gasteiger charge is 2.28. The van der Waals surface area contributed by atoms with Crippen LogP contribution >= 0.6 is 0 Å². The van der Waals surface area contributed by atoms with Crippen LogP contribution in [-0.2, 0) is 6.54 Å². The van der Waals surface area contributed by atoms with Crippen LogP contribution in [0.15, 0.2) is 41.3 Å². The number of H-pyrrole nitrogens is 1. The number of hydrogen-bond acceptors (Lipinski definition) is 4. The lowest BCUT2D eigenvalue weighted by Gasteiger charge is -2.38. The molecule has 0 aliphatic carbocycles. The van der Waals surface area contributed by atoms with Gasteiger partial charge in [-0.05, 0) is 12.1 Å². The van der Waals surface area contributed by atoms with Gasteiger partial charge in [-0.15, -0.1) is 0 Å². The molecule has 21 heavy (non-hydrogen) atoms. The second kappa shape index (κ2) is 5.57. The summed E-state index contributed by atoms with van der Waals surface area (Å²) in [5.74, 6) is -0.0716. The summed E-state index contributed by atoms with van der Waals surface area (Å²) < 4.78 is 18.7. The van der Waals surface area contributed by atoms with Crippen molar-refractivity contribution < 1.29 is 14.2 Å². The second-order valence-electron chi connectivity index (χ2n) is 5.10. The van der Waals surface area contributed by atoms with Crippen LogP contribution in [0.1, 0.15) is 5.69 Å². The molecule has 0 atom stereocenters. The maximum Gasteiger partial charge on any atom is 0.223 e. The van der Waals surface area contributed by atoms with Gasteiger partial charge in [0.25, 0.3) is 0 Å². The van der Waals surface area contributed by atoms with E-state index >= 15 is 0 Å². The van der Waals surface area contributed by atoms with Crippen LogP contribution in [0.3, 0.4) is 0 Å². The zero-order valence-electron chi connectivity index (χ0n) is 11.3. The first-order valence-corrected chi connectivity index (χ1v) is 6.65. The van der Waals surface area contributed by atoms with Crippen molar-refractivity contribution in [3.8, 4) is 11.5 Å². The van der Waals surface area contributed by atoms with E-state index in [2.05, 4.69) is 9.88 Å². The number of aromatic amines is 1. The van der Waals surface area contributed by atoms with Crippen molar-refractivity contribution in [3.63, 3.8) is 0 Å². The highest BCUT2D eigenvalue weighted by Crippen LogP contribution is 2.20. The fraction of sp³-hybridized carbons (Fsp3) is 0.267. The molecule has 110 valence electrons. The lowest BCUT2D eigenvalue weighted by molar-refractivity contribution is 0.0136. The topological polar surface area (TPSA) is 65.6 Å². The average molecular weight is 290 g/mol. The molecule has 0 radical (unpaired) electrons. The molecule has 2 aromatic rings. The third-order valence-corrected chi connectivity index (χ3v) is 3.37. The summed E-state index contributed by atoms with van der Waals surface area (Å²) in [6.07, 6.45) is 1.31. The molecule has 5 nitrogen and oxygen atoms in total. The maximum atomic E-state index is 13.0. The van der Waals surface area contributed by atoms with Crippen LogP contribution in [0.25, 0.3) is 0 Å². The van der Waals surface area contributed by atoms with E-state index in [4.69, 9.17) is 9.84 Å². The number of rotatable bonds is 4. The molecule has 2 N–H and O–H groups in total. The monoisotopic (exact) mass is 290 g/mol. The van der Waals surface area contributed by atoms with Crippen LogP contribution in [0.4, 0.5) is 4.39 Å². The molecule has 0 amide bonds. The van der Waals surface area contributed by atoms with Crippen LogP contribution in [-0.4, -0.2) is 34.2 Å². The molecule has 2 heterocycles. The van der Waals surface area contributed by atoms with E-state index in [1.165, 1.54) is 24.4 Å². The Morgan fingerprint density at radius 2 is 2.19 bits per heavy atom. The first kappa shape index (κ1) is 13.6. The summed E-state index contributed by atoms with van der Waals surface area (Å²) in [6.45, 7) is 2.00. The van der Waals surface area contributed by atoms with Gasteiger partial charge in [0.2, 0.25) is 5.43 Å². The van der Waals surface area contributed by atoms with Gasteiger partial charge in [0.1, 0.15) is 17.7 Å². The van der Waals surface area contributed by atoms with Gasteiger partial charge >= 0.3 is 0 Å². The van der Waals surface area contributed by atoms with Crippen LogP contribution in [0.5, 0.6) is 11.5 Å². The minimum atomic E-state index is -0.392. The Morgan fingerprint density at radius 3 is 2.90 bits per heavy atom. The maximum absolute atomic E-state index is 13.0. The number of ether oxygens (including phenoxy) is 1. The Kier molecular flexibility index (Phi) is 3.62. The van der Waals surface area contributed by atoms with Gasteiger partial charge < -0.3 is 14.8 Å². The SMILES string of the molecule is O=c1cc(CN2CC(Oc3cccc(F)c3)C2)[nH]cc1O. The van der Waals surface area contributed by atoms with Gasteiger partial charge in [-0.3, -0.25) is 9.69 Å². The number of nitrogens with one attached hydrogen (secondary N) is 1. The first-order chi connectivity index (χ1) is 10.1. The summed E-state index contributed by atoms with van der Waals surface area (Å²) in [4.78, 5) is 16.3. The lowest BCUT2D eigenvalue weighted by atomic mass is 10.1. The van der Waals surface area contributed by atoms with Gasteiger partial charge in [0.05, 0.1) is 0 Å². The predicted octanol–water partition coefficient (Wildman–Crippen LogP) is 1.48. The van der Waals surface area contributed by atoms with Gasteiger partial charge in [0, 0.05) is 43.7 Å². The summed E-state index contributed by atoms with van der Waals surface area (Å²) in [5, 5.41) is 9.17. The van der Waals surface area contributed by atoms with Crippen molar-refractivity contribution in [2.24, 2.45) is 0 Å². The Balaban J connectivity index is 1.51. The second-order valence-corrected chi connectivity index (χ2v) is 5.10. The Hall–Kier alpha value is -2.34. The van der Waals surface area contributed by atoms with E-state index in [-0.39, 0.29) is 17.7 Å². The van der Waals surface area contributed by atoms with Gasteiger partial charge in [-0.25, -0.2) is 4.39 Å². The van der Waals surface area contributed by atoms with Crippen molar-refractivity contribution in [2.75, 3.05) is 13.1 Å². The summed E-state index contributed by atoms with van der Waals surface area (Å²) >= 11 is 0. The fourth-order valence-corrected chi connectivity index (χ4v) is 2.30. The standard InChI is InChI=1S/C15H15FN2O3/c16-10-2-1-3-12(4-10)21-13-8-18(9-13)7-11-5-14(19)15(20)6-17-11/h1-6,13,20H,7-9H2,(H,17,19). The van der Waals surface area contributed by atoms with Crippen molar-refractivity contribution in [1.29, 1.82) is 0 Å². The van der Waals surface area contributed by atoms with E-state index in [0.717, 1.165) is 5.69 Å². The molecule has 1 saturated heterocycles. The van der Waals surface area contributed by atoms with Crippen LogP contribution in [0.2, 0.25) is 0 Å². The number of nitrogens with zero attached hydrogens (tertiary/aromatic N) is 1. The van der Waals surface area contributed by atoms with E-state index in [0.29, 0.717) is 25.4 Å². The van der Waals surface area contributed by atoms with Crippen molar-refractivity contribution in [3.05, 3.63) is 58.3 Å². The van der Waals surface area contributed by atoms with E-state index in [1.54, 1.807) is 12.1 Å². The number of aromatic nitrogens is 1. The summed E-state index contributed by atoms with van der Waals surface area (Å²) in [7, 11) is 0. The molecule has 1 aromatic carbocycles. The predicted molar refractivity (Wildman–Crippen MR) is 74.8 cm³/mol. The van der Waals surface area contributed by atoms with E-state index in [1.807, 2.05) is 0 Å². The number of aromatic hydroxyl groups is 1. The molecule has 0 unspecified atom stereocenters. The van der Waals surface area contributed by atoms with Crippen molar-refractivity contribution in [1.82, 2.24) is 9.88 Å². The molecule has 1 aliphatic rings. The smallest absolute Gasteiger partial charge is 0.223 e. The summed E-state index contributed by atoms with van der Waals surface area (Å²) in [6, 6.07) is 7.46. The van der Waals surface area contributed by atoms with Crippen molar-refractivity contribution >= 4 is 0 Å². The third-order valence-electron chi connectivity index (χ3n) is 3.37. The van der Waals surface area contributed by atoms with E-state index < -0.39 is 5.43 Å². The highest BCUT2D eigenvalue weighted by molar-refractivity contribution is 5.23. The van der Waals surface area contributed by atoms with Gasteiger partial charge in [-0.1, -0.05) is 6.07 Å². The number of hydrogen-bond donors (Lipinski definition) is 2. The zero-order valence-corrected chi connectivity index (χ0v) is 11.3. The van der Waals surface area contributed by atoms with Crippen LogP contribution in [0, 0.1) is 5.82 Å². The number of pyridine rings is 1. The zero-order chi connectivity index (χ0) is 14.8. The molecule has 0 saturated carbocycles. The Morgan fingerprint density at radius 1 is 1.38 bits per heavy atom. The molecular weight excluding hydrogens is 275 g/mol. The fourth-order valence-electron chi connectivity index (χ4n) is 2.30. The van der Waals surface area contributed by atoms with E-state index in [9.17, 15) is 9.18 Å². The minimum Gasteiger partial charge on any atom is -0.503 e. The average Bonchev–Trinajstić information content (AvgIpc) is 2.40. The van der Waals surface area contributed by atoms with Crippen LogP contribution < -0.4 is 10.2 Å². The summed E-state index contributed by atoms with van der Waals surface area (Å²) in [5.41, 5.74) is 0.346. The number of benzene rings is 1. The molecule has 1 fully saturated rings. The quantitative estimate of drug-likeness (QED) is 0.895. The molecule has 0 bridgehead atoms. The number of halogens is 1. The third kappa shape index (κ3) is 3.22. The Labute approximate surface area is 120 Å². The molecule has 1 aromatic heterocycles. The lowest BCUT2D eigenvalue weighted by Crippen LogP contribution is -2.53. The number of likely N-dealkylation sites (tertiary alicyclic amines) is 1. The Bertz CT molecular complexity index is 695. The minimum absolute atomic E-state index is 0.0237. The molecule has 0 spiro atoms. The molecular formula is C15H15FN2O3. The molecule has 3 rings (SSSR count). The van der Waals surface area contributed by atoms with Crippen molar-refractivity contribution in [2.45, 2.75) is 12.6 Å². The normalized spacial score (nSPS) is 15.7. The largest absolute Gasteiger partial charge is 0.503 e. The van der Waals surface area contributed by atoms with Gasteiger partial charge in [0.15, 0.2) is 5.75 Å². The van der Waals surface area contributed by atoms with Gasteiger partial charge in [-0.2, -0.15) is 0 Å². The first-order valence-electron chi connectivity index (χ1n) is 6.65. The molecule has 6 heteroatoms. The molecule has 1 aliphatic heterocycles. The highest BCUT2D eigenvalue weighted by atomic mass is 19.1.